The highest BCUT2D eigenvalue weighted by atomic mass is 35.5. The van der Waals surface area contributed by atoms with Crippen molar-refractivity contribution >= 4 is 45.1 Å². The first-order chi connectivity index (χ1) is 14.7. The number of fused-ring (bicyclic) bond motifs is 1. The van der Waals surface area contributed by atoms with Crippen molar-refractivity contribution in [2.75, 3.05) is 5.32 Å². The van der Waals surface area contributed by atoms with Crippen molar-refractivity contribution in [2.45, 2.75) is 20.3 Å². The molecule has 0 fully saturated rings. The molecule has 4 aromatic rings. The van der Waals surface area contributed by atoms with Crippen LogP contribution >= 0.6 is 22.9 Å². The average Bonchev–Trinajstić information content (AvgIpc) is 3.32. The maximum Gasteiger partial charge on any atom is 0.333 e. The van der Waals surface area contributed by atoms with Crippen molar-refractivity contribution in [2.24, 2.45) is 14.1 Å². The van der Waals surface area contributed by atoms with Gasteiger partial charge < -0.3 is 9.73 Å². The molecule has 160 valence electrons. The van der Waals surface area contributed by atoms with Gasteiger partial charge in [0.1, 0.15) is 11.1 Å². The van der Waals surface area contributed by atoms with Gasteiger partial charge in [-0.1, -0.05) is 23.7 Å². The Bertz CT molecular complexity index is 1460. The number of carbonyl (C=O) groups excluding carboxylic acids is 1. The van der Waals surface area contributed by atoms with Crippen LogP contribution in [0.15, 0.2) is 37.6 Å². The lowest BCUT2D eigenvalue weighted by atomic mass is 10.1. The third kappa shape index (κ3) is 3.70. The molecule has 1 aromatic carbocycles. The molecule has 10 heteroatoms. The number of benzene rings is 1. The molecule has 1 N–H and O–H groups in total. The molecule has 1 amide bonds. The van der Waals surface area contributed by atoms with Crippen molar-refractivity contribution < 1.29 is 9.21 Å². The largest absolute Gasteiger partial charge is 0.444 e. The Morgan fingerprint density at radius 1 is 1.23 bits per heavy atom. The van der Waals surface area contributed by atoms with Gasteiger partial charge >= 0.3 is 5.69 Å². The maximum atomic E-state index is 12.7. The first-order valence-electron chi connectivity index (χ1n) is 9.37. The van der Waals surface area contributed by atoms with Crippen molar-refractivity contribution in [1.82, 2.24) is 14.1 Å². The van der Waals surface area contributed by atoms with Crippen LogP contribution in [-0.4, -0.2) is 20.0 Å². The fraction of sp³-hybridized carbons (Fsp3) is 0.238. The van der Waals surface area contributed by atoms with Crippen molar-refractivity contribution in [3.05, 3.63) is 66.3 Å². The van der Waals surface area contributed by atoms with Crippen molar-refractivity contribution in [3.63, 3.8) is 0 Å². The summed E-state index contributed by atoms with van der Waals surface area (Å²) in [5.41, 5.74) is 2.15. The number of carbonyl (C=O) groups is 1. The Hall–Kier alpha value is -3.17. The van der Waals surface area contributed by atoms with Crippen LogP contribution in [0.1, 0.15) is 16.9 Å². The van der Waals surface area contributed by atoms with Gasteiger partial charge in [0, 0.05) is 35.6 Å². The Morgan fingerprint density at radius 2 is 1.97 bits per heavy atom. The van der Waals surface area contributed by atoms with Crippen LogP contribution < -0.4 is 16.6 Å². The molecule has 0 bridgehead atoms. The van der Waals surface area contributed by atoms with E-state index in [-0.39, 0.29) is 23.4 Å². The van der Waals surface area contributed by atoms with Crippen LogP contribution in [0.3, 0.4) is 0 Å². The van der Waals surface area contributed by atoms with Crippen LogP contribution in [-0.2, 0) is 25.3 Å². The zero-order valence-electron chi connectivity index (χ0n) is 17.3. The standard InChI is InChI=1S/C21H19ClN4O4S/c1-10-5-6-12(7-14(10)22)15-9-31-20(23-15)24-16(27)8-13-11(2)30-19-17(13)18(28)25(3)21(29)26(19)4/h5-7,9H,8H2,1-4H3,(H,23,24,27). The van der Waals surface area contributed by atoms with Gasteiger partial charge in [-0.05, 0) is 25.5 Å². The minimum absolute atomic E-state index is 0.0858. The summed E-state index contributed by atoms with van der Waals surface area (Å²) in [6.07, 6.45) is -0.0858. The first-order valence-corrected chi connectivity index (χ1v) is 10.6. The topological polar surface area (TPSA) is 99.1 Å². The predicted molar refractivity (Wildman–Crippen MR) is 121 cm³/mol. The molecule has 4 rings (SSSR count). The summed E-state index contributed by atoms with van der Waals surface area (Å²) < 4.78 is 7.88. The van der Waals surface area contributed by atoms with Crippen LogP contribution in [0.4, 0.5) is 5.13 Å². The fourth-order valence-corrected chi connectivity index (χ4v) is 4.26. The highest BCUT2D eigenvalue weighted by molar-refractivity contribution is 7.14. The molecule has 3 heterocycles. The zero-order valence-corrected chi connectivity index (χ0v) is 18.8. The molecular weight excluding hydrogens is 440 g/mol. The molecule has 31 heavy (non-hydrogen) atoms. The number of anilines is 1. The Morgan fingerprint density at radius 3 is 2.68 bits per heavy atom. The fourth-order valence-electron chi connectivity index (χ4n) is 3.34. The molecule has 0 saturated carbocycles. The second-order valence-corrected chi connectivity index (χ2v) is 8.51. The van der Waals surface area contributed by atoms with Crippen LogP contribution in [0.2, 0.25) is 5.02 Å². The van der Waals surface area contributed by atoms with Gasteiger partial charge in [0.15, 0.2) is 5.13 Å². The van der Waals surface area contributed by atoms with E-state index in [4.69, 9.17) is 16.0 Å². The normalized spacial score (nSPS) is 11.3. The molecule has 3 aromatic heterocycles. The number of amides is 1. The van der Waals surface area contributed by atoms with E-state index in [1.54, 1.807) is 6.92 Å². The summed E-state index contributed by atoms with van der Waals surface area (Å²) in [4.78, 5) is 41.9. The lowest BCUT2D eigenvalue weighted by Gasteiger charge is -2.04. The molecular formula is C21H19ClN4O4S. The van der Waals surface area contributed by atoms with E-state index in [1.165, 1.54) is 30.0 Å². The molecule has 0 aliphatic carbocycles. The maximum absolute atomic E-state index is 12.7. The number of thiazole rings is 1. The van der Waals surface area contributed by atoms with E-state index in [0.29, 0.717) is 27.2 Å². The van der Waals surface area contributed by atoms with Gasteiger partial charge in [-0.25, -0.2) is 9.78 Å². The summed E-state index contributed by atoms with van der Waals surface area (Å²) in [6.45, 7) is 3.58. The van der Waals surface area contributed by atoms with Gasteiger partial charge in [0.05, 0.1) is 12.1 Å². The number of aryl methyl sites for hydroxylation is 3. The monoisotopic (exact) mass is 458 g/mol. The van der Waals surface area contributed by atoms with E-state index >= 15 is 0 Å². The quantitative estimate of drug-likeness (QED) is 0.505. The van der Waals surface area contributed by atoms with E-state index < -0.39 is 11.2 Å². The predicted octanol–water partition coefficient (Wildman–Crippen LogP) is 3.41. The van der Waals surface area contributed by atoms with E-state index in [1.807, 2.05) is 30.5 Å². The van der Waals surface area contributed by atoms with E-state index in [0.717, 1.165) is 15.7 Å². The van der Waals surface area contributed by atoms with Gasteiger partial charge in [-0.3, -0.25) is 18.7 Å². The minimum Gasteiger partial charge on any atom is -0.444 e. The lowest BCUT2D eigenvalue weighted by Crippen LogP contribution is -2.36. The van der Waals surface area contributed by atoms with Crippen LogP contribution in [0, 0.1) is 13.8 Å². The molecule has 0 aliphatic rings. The van der Waals surface area contributed by atoms with Crippen molar-refractivity contribution in [3.8, 4) is 11.3 Å². The molecule has 0 aliphatic heterocycles. The number of hydrogen-bond acceptors (Lipinski definition) is 6. The second kappa shape index (κ2) is 7.82. The molecule has 0 radical (unpaired) electrons. The highest BCUT2D eigenvalue weighted by Gasteiger charge is 2.22. The lowest BCUT2D eigenvalue weighted by molar-refractivity contribution is -0.115. The Labute approximate surface area is 185 Å². The third-order valence-electron chi connectivity index (χ3n) is 5.14. The molecule has 8 nitrogen and oxygen atoms in total. The number of hydrogen-bond donors (Lipinski definition) is 1. The number of furan rings is 1. The highest BCUT2D eigenvalue weighted by Crippen LogP contribution is 2.29. The number of halogens is 1. The smallest absolute Gasteiger partial charge is 0.333 e. The third-order valence-corrected chi connectivity index (χ3v) is 6.31. The summed E-state index contributed by atoms with van der Waals surface area (Å²) >= 11 is 7.48. The minimum atomic E-state index is -0.495. The number of rotatable bonds is 4. The average molecular weight is 459 g/mol. The Balaban J connectivity index is 1.60. The summed E-state index contributed by atoms with van der Waals surface area (Å²) in [7, 11) is 2.91. The van der Waals surface area contributed by atoms with Crippen molar-refractivity contribution in [1.29, 1.82) is 0 Å². The Kier molecular flexibility index (Phi) is 5.32. The molecule has 0 spiro atoms. The number of nitrogens with zero attached hydrogens (tertiary/aromatic N) is 3. The van der Waals surface area contributed by atoms with Crippen LogP contribution in [0.25, 0.3) is 22.4 Å². The molecule has 0 unspecified atom stereocenters. The van der Waals surface area contributed by atoms with Gasteiger partial charge in [0.2, 0.25) is 11.6 Å². The SMILES string of the molecule is Cc1ccc(-c2csc(NC(=O)Cc3c(C)oc4c3c(=O)n(C)c(=O)n4C)n2)cc1Cl. The molecule has 0 atom stereocenters. The second-order valence-electron chi connectivity index (χ2n) is 7.25. The van der Waals surface area contributed by atoms with Gasteiger partial charge in [0.25, 0.3) is 5.56 Å². The summed E-state index contributed by atoms with van der Waals surface area (Å²) in [5.74, 6) is 0.0714. The zero-order chi connectivity index (χ0) is 22.4. The molecule has 0 saturated heterocycles. The van der Waals surface area contributed by atoms with Gasteiger partial charge in [-0.2, -0.15) is 0 Å². The summed E-state index contributed by atoms with van der Waals surface area (Å²) in [6, 6.07) is 5.66. The van der Waals surface area contributed by atoms with E-state index in [9.17, 15) is 14.4 Å². The van der Waals surface area contributed by atoms with E-state index in [2.05, 4.69) is 10.3 Å². The number of aromatic nitrogens is 3. The summed E-state index contributed by atoms with van der Waals surface area (Å²) in [5, 5.41) is 5.91. The first kappa shape index (κ1) is 21.1. The van der Waals surface area contributed by atoms with Gasteiger partial charge in [-0.15, -0.1) is 11.3 Å². The van der Waals surface area contributed by atoms with Crippen LogP contribution in [0.5, 0.6) is 0 Å². The number of nitrogens with one attached hydrogen (secondary N) is 1.